The van der Waals surface area contributed by atoms with Crippen molar-refractivity contribution >= 4 is 0 Å². The van der Waals surface area contributed by atoms with E-state index in [9.17, 15) is 51.1 Å². The first-order valence-corrected chi connectivity index (χ1v) is 14.3. The van der Waals surface area contributed by atoms with Crippen LogP contribution < -0.4 is 0 Å². The summed E-state index contributed by atoms with van der Waals surface area (Å²) in [4.78, 5) is 0. The highest BCUT2D eigenvalue weighted by Crippen LogP contribution is 2.25. The molecule has 45 heavy (non-hydrogen) atoms. The summed E-state index contributed by atoms with van der Waals surface area (Å²) in [6.07, 6.45) is -20.3. The molecule has 10 N–H and O–H groups in total. The molecule has 0 aliphatic carbocycles. The van der Waals surface area contributed by atoms with Gasteiger partial charge in [0.15, 0.2) is 18.9 Å². The van der Waals surface area contributed by atoms with Crippen molar-refractivity contribution in [1.29, 1.82) is 0 Å². The highest BCUT2D eigenvalue weighted by molar-refractivity contribution is 4.91. The third-order valence-electron chi connectivity index (χ3n) is 7.39. The number of ether oxygens (including phenoxy) is 10. The third-order valence-corrected chi connectivity index (χ3v) is 7.39. The summed E-state index contributed by atoms with van der Waals surface area (Å²) < 4.78 is 53.2. The van der Waals surface area contributed by atoms with Crippen LogP contribution in [-0.2, 0) is 47.4 Å². The fourth-order valence-electron chi connectivity index (χ4n) is 4.73. The van der Waals surface area contributed by atoms with E-state index >= 15 is 0 Å². The van der Waals surface area contributed by atoms with Crippen LogP contribution in [0.15, 0.2) is 0 Å². The van der Waals surface area contributed by atoms with Gasteiger partial charge in [-0.3, -0.25) is 0 Å². The van der Waals surface area contributed by atoms with Crippen molar-refractivity contribution in [3.63, 3.8) is 0 Å². The van der Waals surface area contributed by atoms with Crippen LogP contribution in [0.2, 0.25) is 0 Å². The number of methoxy groups -OCH3 is 1. The molecule has 3 heterocycles. The average Bonchev–Trinajstić information content (AvgIpc) is 3.04. The van der Waals surface area contributed by atoms with Crippen molar-refractivity contribution in [3.8, 4) is 0 Å². The number of hydrogen-bond donors (Lipinski definition) is 10. The number of aliphatic hydroxyl groups excluding tert-OH is 10. The average molecular weight is 667 g/mol. The van der Waals surface area contributed by atoms with Gasteiger partial charge in [-0.25, -0.2) is 0 Å². The maximum Gasteiger partial charge on any atom is 0.186 e. The summed E-state index contributed by atoms with van der Waals surface area (Å²) in [7, 11) is 1.30. The molecule has 0 aromatic heterocycles. The second kappa shape index (κ2) is 19.3. The van der Waals surface area contributed by atoms with Crippen LogP contribution >= 0.6 is 0 Å². The van der Waals surface area contributed by atoms with Gasteiger partial charge in [0, 0.05) is 7.11 Å². The first kappa shape index (κ1) is 38.6. The molecule has 20 heteroatoms. The molecule has 0 amide bonds. The van der Waals surface area contributed by atoms with Crippen LogP contribution in [0.25, 0.3) is 0 Å². The quantitative estimate of drug-likeness (QED) is 0.0480. The van der Waals surface area contributed by atoms with E-state index in [0.29, 0.717) is 0 Å². The van der Waals surface area contributed by atoms with Gasteiger partial charge in [0.05, 0.1) is 46.2 Å². The van der Waals surface area contributed by atoms with E-state index in [0.717, 1.165) is 0 Å². The molecule has 0 saturated carbocycles. The third kappa shape index (κ3) is 10.3. The van der Waals surface area contributed by atoms with E-state index in [-0.39, 0.29) is 46.6 Å². The van der Waals surface area contributed by atoms with Gasteiger partial charge in [-0.15, -0.1) is 0 Å². The predicted molar refractivity (Wildman–Crippen MR) is 140 cm³/mol. The van der Waals surface area contributed by atoms with Gasteiger partial charge in [0.25, 0.3) is 0 Å². The molecular formula is C25H46O20. The molecule has 0 radical (unpaired) electrons. The van der Waals surface area contributed by atoms with Crippen LogP contribution in [0, 0.1) is 0 Å². The Morgan fingerprint density at radius 2 is 0.933 bits per heavy atom. The Morgan fingerprint density at radius 1 is 0.467 bits per heavy atom. The van der Waals surface area contributed by atoms with E-state index in [1.807, 2.05) is 0 Å². The van der Waals surface area contributed by atoms with Gasteiger partial charge in [-0.1, -0.05) is 0 Å². The van der Waals surface area contributed by atoms with E-state index < -0.39 is 105 Å². The lowest BCUT2D eigenvalue weighted by Crippen LogP contribution is -2.60. The van der Waals surface area contributed by atoms with Gasteiger partial charge in [-0.05, 0) is 0 Å². The van der Waals surface area contributed by atoms with E-state index in [4.69, 9.17) is 47.4 Å². The Bertz CT molecular complexity index is 805. The molecule has 0 unspecified atom stereocenters. The van der Waals surface area contributed by atoms with Crippen molar-refractivity contribution in [3.05, 3.63) is 0 Å². The lowest BCUT2D eigenvalue weighted by molar-refractivity contribution is -0.320. The number of aliphatic hydroxyl groups is 10. The topological polar surface area (TPSA) is 295 Å². The van der Waals surface area contributed by atoms with Gasteiger partial charge < -0.3 is 98.4 Å². The zero-order valence-electron chi connectivity index (χ0n) is 24.6. The summed E-state index contributed by atoms with van der Waals surface area (Å²) >= 11 is 0. The molecule has 0 spiro atoms. The van der Waals surface area contributed by atoms with Gasteiger partial charge in [-0.2, -0.15) is 0 Å². The second-order valence-electron chi connectivity index (χ2n) is 10.5. The molecule has 3 fully saturated rings. The normalized spacial score (nSPS) is 42.6. The van der Waals surface area contributed by atoms with Crippen LogP contribution in [0.5, 0.6) is 0 Å². The summed E-state index contributed by atoms with van der Waals surface area (Å²) in [5, 5.41) is 98.6. The van der Waals surface area contributed by atoms with Crippen molar-refractivity contribution < 1.29 is 98.4 Å². The molecule has 3 aliphatic rings. The summed E-state index contributed by atoms with van der Waals surface area (Å²) in [5.41, 5.74) is 0. The van der Waals surface area contributed by atoms with Gasteiger partial charge in [0.1, 0.15) is 86.8 Å². The maximum atomic E-state index is 10.6. The molecule has 15 atom stereocenters. The minimum atomic E-state index is -1.58. The van der Waals surface area contributed by atoms with Crippen LogP contribution in [0.4, 0.5) is 0 Å². The van der Waals surface area contributed by atoms with Crippen LogP contribution in [-0.4, -0.2) is 210 Å². The largest absolute Gasteiger partial charge is 0.394 e. The van der Waals surface area contributed by atoms with Crippen molar-refractivity contribution in [2.45, 2.75) is 92.1 Å². The first-order chi connectivity index (χ1) is 21.5. The maximum absolute atomic E-state index is 10.6. The lowest BCUT2D eigenvalue weighted by Gasteiger charge is -2.41. The summed E-state index contributed by atoms with van der Waals surface area (Å²) in [6, 6.07) is 0. The Morgan fingerprint density at radius 3 is 1.42 bits per heavy atom. The van der Waals surface area contributed by atoms with Crippen molar-refractivity contribution in [2.24, 2.45) is 0 Å². The molecular weight excluding hydrogens is 620 g/mol. The molecule has 3 saturated heterocycles. The Labute approximate surface area is 258 Å². The monoisotopic (exact) mass is 666 g/mol. The highest BCUT2D eigenvalue weighted by atomic mass is 16.8. The standard InChI is InChI=1S/C25H46O20/c1-36-25-22(42-10-38-3-5-41-24-21(35)18(32)15(29)12(7-27)44-24)19(33)16(30)13(45-25)8-39-9-37-2-4-40-23-20(34)17(31)14(28)11(6-26)43-23/h11-35H,2-10H2,1H3/t11-,12-,13-,14-,15-,16-,17+,18+,19+,20+,21+,22+,23+,24+,25+/m1/s1. The van der Waals surface area contributed by atoms with Crippen molar-refractivity contribution in [1.82, 2.24) is 0 Å². The second-order valence-corrected chi connectivity index (χ2v) is 10.5. The zero-order valence-corrected chi connectivity index (χ0v) is 24.6. The highest BCUT2D eigenvalue weighted by Gasteiger charge is 2.47. The van der Waals surface area contributed by atoms with E-state index in [1.54, 1.807) is 0 Å². The first-order valence-electron chi connectivity index (χ1n) is 14.3. The Balaban J connectivity index is 1.29. The SMILES string of the molecule is CO[C@H]1O[C@H](COCOCCO[C@H]2O[C@H](CO)[C@@H](O)[C@H](O)[C@@H]2O)[C@@H](O)[C@H](O)[C@@H]1OCOCCO[C@H]1O[C@H](CO)[C@@H](O)[C@H](O)[C@@H]1O. The zero-order chi connectivity index (χ0) is 33.1. The smallest absolute Gasteiger partial charge is 0.186 e. The van der Waals surface area contributed by atoms with Crippen LogP contribution in [0.1, 0.15) is 0 Å². The van der Waals surface area contributed by atoms with Gasteiger partial charge >= 0.3 is 0 Å². The Kier molecular flexibility index (Phi) is 16.5. The lowest BCUT2D eigenvalue weighted by atomic mass is 9.99. The number of hydrogen-bond acceptors (Lipinski definition) is 20. The van der Waals surface area contributed by atoms with E-state index in [2.05, 4.69) is 0 Å². The molecule has 3 rings (SSSR count). The summed E-state index contributed by atoms with van der Waals surface area (Å²) in [5.74, 6) is 0. The molecule has 0 aromatic carbocycles. The fraction of sp³-hybridized carbons (Fsp3) is 1.00. The van der Waals surface area contributed by atoms with Gasteiger partial charge in [0.2, 0.25) is 0 Å². The molecule has 3 aliphatic heterocycles. The summed E-state index contributed by atoms with van der Waals surface area (Å²) in [6.45, 7) is -2.37. The molecule has 266 valence electrons. The van der Waals surface area contributed by atoms with E-state index in [1.165, 1.54) is 7.11 Å². The van der Waals surface area contributed by atoms with Crippen LogP contribution in [0.3, 0.4) is 0 Å². The molecule has 0 aromatic rings. The number of rotatable bonds is 18. The minimum absolute atomic E-state index is 0.0319. The minimum Gasteiger partial charge on any atom is -0.394 e. The van der Waals surface area contributed by atoms with Crippen molar-refractivity contribution in [2.75, 3.05) is 66.9 Å². The Hall–Kier alpha value is -0.800. The predicted octanol–water partition coefficient (Wildman–Crippen LogP) is -6.94. The molecule has 0 bridgehead atoms. The fourth-order valence-corrected chi connectivity index (χ4v) is 4.73. The molecule has 20 nitrogen and oxygen atoms in total.